The highest BCUT2D eigenvalue weighted by Gasteiger charge is 2.34. The van der Waals surface area contributed by atoms with Gasteiger partial charge in [-0.05, 0) is 0 Å². The molecule has 0 aromatic heterocycles. The van der Waals surface area contributed by atoms with Crippen LogP contribution in [0.1, 0.15) is 0 Å². The van der Waals surface area contributed by atoms with Crippen LogP contribution in [0.25, 0.3) is 0 Å². The van der Waals surface area contributed by atoms with Crippen LogP contribution >= 0.6 is 0 Å². The molecular formula is C22H41N6O12+. The average molecular weight is 582 g/mol. The zero-order chi connectivity index (χ0) is 30.6. The molecule has 0 rings (SSSR count). The number of carboxylic acids is 4. The summed E-state index contributed by atoms with van der Waals surface area (Å²) in [6.07, 6.45) is 0. The highest BCUT2D eigenvalue weighted by Crippen LogP contribution is 2.08. The summed E-state index contributed by atoms with van der Waals surface area (Å²) in [5.41, 5.74) is 0. The molecule has 0 heterocycles. The lowest BCUT2D eigenvalue weighted by Gasteiger charge is -2.37. The fourth-order valence-electron chi connectivity index (χ4n) is 3.81. The van der Waals surface area contributed by atoms with Crippen LogP contribution in [0.3, 0.4) is 0 Å². The number of carbonyl (C=O) groups excluding carboxylic acids is 2. The maximum atomic E-state index is 12.0. The Bertz CT molecular complexity index is 827. The molecule has 0 saturated heterocycles. The number of amides is 2. The molecule has 0 aromatic rings. The van der Waals surface area contributed by atoms with Crippen LogP contribution in [0, 0.1) is 0 Å². The number of nitrogens with zero attached hydrogens (tertiary/aromatic N) is 3. The molecule has 18 heteroatoms. The first-order valence-electron chi connectivity index (χ1n) is 12.4. The van der Waals surface area contributed by atoms with E-state index >= 15 is 0 Å². The van der Waals surface area contributed by atoms with Crippen LogP contribution in [0.15, 0.2) is 0 Å². The van der Waals surface area contributed by atoms with Gasteiger partial charge >= 0.3 is 23.9 Å². The van der Waals surface area contributed by atoms with Crippen molar-refractivity contribution in [3.8, 4) is 0 Å². The Morgan fingerprint density at radius 1 is 0.550 bits per heavy atom. The summed E-state index contributed by atoms with van der Waals surface area (Å²) in [6, 6.07) is 0. The van der Waals surface area contributed by atoms with Gasteiger partial charge in [-0.15, -0.1) is 0 Å². The SMILES string of the molecule is O=C(O)CN(CCNCC[N+](CCN(CC(=O)O)CC(=O)NCCO)(CC(=O)O)CC(=O)O)CC(=O)NCCO. The summed E-state index contributed by atoms with van der Waals surface area (Å²) in [6.45, 7) is -3.24. The van der Waals surface area contributed by atoms with Crippen molar-refractivity contribution in [1.29, 1.82) is 0 Å². The van der Waals surface area contributed by atoms with Gasteiger partial charge in [0.1, 0.15) is 0 Å². The molecule has 0 aromatic carbocycles. The van der Waals surface area contributed by atoms with E-state index in [0.717, 1.165) is 0 Å². The molecular weight excluding hydrogens is 540 g/mol. The Hall–Kier alpha value is -3.42. The molecule has 0 unspecified atom stereocenters. The van der Waals surface area contributed by atoms with Gasteiger partial charge in [-0.3, -0.25) is 29.0 Å². The predicted octanol–water partition coefficient (Wildman–Crippen LogP) is -5.45. The van der Waals surface area contributed by atoms with Crippen molar-refractivity contribution < 1.29 is 63.9 Å². The van der Waals surface area contributed by atoms with Crippen molar-refractivity contribution in [3.63, 3.8) is 0 Å². The summed E-state index contributed by atoms with van der Waals surface area (Å²) in [7, 11) is 0. The number of nitrogens with one attached hydrogen (secondary N) is 3. The molecule has 2 amide bonds. The van der Waals surface area contributed by atoms with Gasteiger partial charge < -0.3 is 51.1 Å². The van der Waals surface area contributed by atoms with E-state index in [0.29, 0.717) is 0 Å². The van der Waals surface area contributed by atoms with Gasteiger partial charge in [-0.2, -0.15) is 0 Å². The van der Waals surface area contributed by atoms with E-state index in [1.54, 1.807) is 0 Å². The summed E-state index contributed by atoms with van der Waals surface area (Å²) in [5, 5.41) is 62.6. The van der Waals surface area contributed by atoms with Gasteiger partial charge in [0.05, 0.1) is 52.5 Å². The highest BCUT2D eigenvalue weighted by molar-refractivity contribution is 5.79. The van der Waals surface area contributed by atoms with Crippen LogP contribution in [-0.4, -0.2) is 185 Å². The molecule has 0 aliphatic rings. The van der Waals surface area contributed by atoms with Gasteiger partial charge in [0.15, 0.2) is 13.1 Å². The summed E-state index contributed by atoms with van der Waals surface area (Å²) < 4.78 is -0.478. The lowest BCUT2D eigenvalue weighted by atomic mass is 10.2. The molecule has 0 atom stereocenters. The Morgan fingerprint density at radius 3 is 1.40 bits per heavy atom. The fourth-order valence-corrected chi connectivity index (χ4v) is 3.81. The van der Waals surface area contributed by atoms with Crippen LogP contribution in [0.5, 0.6) is 0 Å². The van der Waals surface area contributed by atoms with E-state index in [1.807, 2.05) is 0 Å². The number of aliphatic hydroxyl groups is 2. The van der Waals surface area contributed by atoms with E-state index in [-0.39, 0.29) is 78.7 Å². The van der Waals surface area contributed by atoms with Gasteiger partial charge in [0, 0.05) is 39.3 Å². The zero-order valence-electron chi connectivity index (χ0n) is 22.3. The topological polar surface area (TPSA) is 266 Å². The molecule has 9 N–H and O–H groups in total. The van der Waals surface area contributed by atoms with E-state index in [9.17, 15) is 44.1 Å². The first-order valence-corrected chi connectivity index (χ1v) is 12.4. The van der Waals surface area contributed by atoms with Gasteiger partial charge in [-0.1, -0.05) is 0 Å². The number of carbonyl (C=O) groups is 6. The van der Waals surface area contributed by atoms with Crippen molar-refractivity contribution in [1.82, 2.24) is 25.8 Å². The quantitative estimate of drug-likeness (QED) is 0.0360. The number of hydrogen-bond acceptors (Lipinski definition) is 11. The summed E-state index contributed by atoms with van der Waals surface area (Å²) in [5.74, 6) is -6.03. The number of rotatable bonds is 25. The number of aliphatic carboxylic acids is 4. The molecule has 0 aliphatic heterocycles. The molecule has 230 valence electrons. The Balaban J connectivity index is 5.33. The number of aliphatic hydroxyl groups excluding tert-OH is 2. The third-order valence-corrected chi connectivity index (χ3v) is 5.52. The van der Waals surface area contributed by atoms with Crippen molar-refractivity contribution in [2.75, 3.05) is 105 Å². The van der Waals surface area contributed by atoms with Crippen molar-refractivity contribution in [2.45, 2.75) is 0 Å². The summed E-state index contributed by atoms with van der Waals surface area (Å²) in [4.78, 5) is 72.1. The average Bonchev–Trinajstić information content (AvgIpc) is 2.83. The predicted molar refractivity (Wildman–Crippen MR) is 136 cm³/mol. The molecule has 0 spiro atoms. The third kappa shape index (κ3) is 18.8. The monoisotopic (exact) mass is 581 g/mol. The van der Waals surface area contributed by atoms with Crippen LogP contribution < -0.4 is 16.0 Å². The molecule has 0 fully saturated rings. The van der Waals surface area contributed by atoms with Crippen LogP contribution in [0.4, 0.5) is 0 Å². The second-order valence-electron chi connectivity index (χ2n) is 9.00. The third-order valence-electron chi connectivity index (χ3n) is 5.52. The van der Waals surface area contributed by atoms with E-state index < -0.39 is 66.4 Å². The minimum absolute atomic E-state index is 0.00780. The smallest absolute Gasteiger partial charge is 0.359 e. The van der Waals surface area contributed by atoms with Gasteiger partial charge in [0.2, 0.25) is 11.8 Å². The fraction of sp³-hybridized carbons (Fsp3) is 0.727. The molecule has 40 heavy (non-hydrogen) atoms. The Labute approximate surface area is 230 Å². The number of carboxylic acid groups (broad SMARTS) is 4. The second kappa shape index (κ2) is 20.5. The van der Waals surface area contributed by atoms with Crippen molar-refractivity contribution >= 4 is 35.7 Å². The zero-order valence-corrected chi connectivity index (χ0v) is 22.3. The summed E-state index contributed by atoms with van der Waals surface area (Å²) >= 11 is 0. The molecule has 0 radical (unpaired) electrons. The minimum Gasteiger partial charge on any atom is -0.480 e. The normalized spacial score (nSPS) is 11.4. The Kier molecular flexibility index (Phi) is 18.7. The standard InChI is InChI=1S/C22H40N6O12/c29-9-3-24-17(31)11-26(13-19(33)34)5-1-23-2-7-28(15-21(37)38,16-22(39)40)8-6-27(14-20(35)36)12-18(32)25-4-10-30/h23,29-30H,1-16H2,(H5-,24,25,31,32,33,34,35,36,37,38,39,40)/p+1. The first-order chi connectivity index (χ1) is 18.8. The highest BCUT2D eigenvalue weighted by atomic mass is 16.4. The number of hydrogen-bond donors (Lipinski definition) is 9. The maximum Gasteiger partial charge on any atom is 0.359 e. The van der Waals surface area contributed by atoms with Crippen molar-refractivity contribution in [3.05, 3.63) is 0 Å². The molecule has 18 nitrogen and oxygen atoms in total. The first kappa shape index (κ1) is 36.6. The van der Waals surface area contributed by atoms with E-state index in [1.165, 1.54) is 9.80 Å². The maximum absolute atomic E-state index is 12.0. The second-order valence-corrected chi connectivity index (χ2v) is 9.00. The lowest BCUT2D eigenvalue weighted by Crippen LogP contribution is -2.59. The van der Waals surface area contributed by atoms with E-state index in [4.69, 9.17) is 15.3 Å². The largest absolute Gasteiger partial charge is 0.480 e. The lowest BCUT2D eigenvalue weighted by molar-refractivity contribution is -0.912. The Morgan fingerprint density at radius 2 is 1.00 bits per heavy atom. The van der Waals surface area contributed by atoms with Gasteiger partial charge in [-0.25, -0.2) is 9.59 Å². The van der Waals surface area contributed by atoms with Crippen LogP contribution in [-0.2, 0) is 28.8 Å². The van der Waals surface area contributed by atoms with E-state index in [2.05, 4.69) is 16.0 Å². The molecule has 0 bridgehead atoms. The minimum atomic E-state index is -1.28. The van der Waals surface area contributed by atoms with Crippen LogP contribution in [0.2, 0.25) is 0 Å². The molecule has 0 saturated carbocycles. The van der Waals surface area contributed by atoms with Crippen molar-refractivity contribution in [2.24, 2.45) is 0 Å². The van der Waals surface area contributed by atoms with Gasteiger partial charge in [0.25, 0.3) is 0 Å². The number of quaternary nitrogens is 1. The molecule has 0 aliphatic carbocycles.